The molecule has 1 saturated heterocycles. The van der Waals surface area contributed by atoms with Crippen molar-refractivity contribution < 1.29 is 38.1 Å². The summed E-state index contributed by atoms with van der Waals surface area (Å²) < 4.78 is 25.4. The van der Waals surface area contributed by atoms with Crippen molar-refractivity contribution in [2.75, 3.05) is 0 Å². The maximum Gasteiger partial charge on any atom is 0.338 e. The molecule has 7 atom stereocenters. The maximum absolute atomic E-state index is 14.1. The number of carbonyl (C=O) groups excluding carboxylic acids is 4. The summed E-state index contributed by atoms with van der Waals surface area (Å²) in [7, 11) is 0. The average Bonchev–Trinajstić information content (AvgIpc) is 3.20. The van der Waals surface area contributed by atoms with Gasteiger partial charge in [-0.1, -0.05) is 25.1 Å². The molecule has 3 aliphatic rings. The van der Waals surface area contributed by atoms with Crippen molar-refractivity contribution in [1.82, 2.24) is 4.98 Å². The van der Waals surface area contributed by atoms with E-state index in [-0.39, 0.29) is 24.0 Å². The first-order chi connectivity index (χ1) is 19.4. The fraction of sp³-hybridized carbons (Fsp3) is 0.531. The van der Waals surface area contributed by atoms with Gasteiger partial charge in [0.05, 0.1) is 22.2 Å². The molecule has 9 nitrogen and oxygen atoms in total. The van der Waals surface area contributed by atoms with Crippen molar-refractivity contribution in [1.29, 1.82) is 0 Å². The van der Waals surface area contributed by atoms with Gasteiger partial charge >= 0.3 is 17.9 Å². The molecule has 2 saturated carbocycles. The molecular formula is C32H37NO8. The molecule has 2 heterocycles. The van der Waals surface area contributed by atoms with Crippen LogP contribution in [0.2, 0.25) is 0 Å². The standard InChI is InChI=1S/C32H37NO8/c1-19-13-14-26(38-20(2)34)31(17-25(36)23-12-9-15-33-18-23)28(40-29(37)22-10-7-6-8-11-22)27(39-21(3)35)24-16-32(19,31)41-30(24,4)5/h6-12,15,18-19,24,26-28H,13-14,16-17H2,1-5H3/t19-,24+,26+,27+,28+,31+,32+/m1/s1. The molecule has 218 valence electrons. The van der Waals surface area contributed by atoms with E-state index in [2.05, 4.69) is 11.9 Å². The van der Waals surface area contributed by atoms with E-state index in [9.17, 15) is 19.2 Å². The number of aromatic nitrogens is 1. The molecule has 2 bridgehead atoms. The van der Waals surface area contributed by atoms with Crippen LogP contribution in [-0.2, 0) is 28.5 Å². The second-order valence-electron chi connectivity index (χ2n) is 12.1. The molecule has 0 radical (unpaired) electrons. The van der Waals surface area contributed by atoms with Gasteiger partial charge in [0.2, 0.25) is 0 Å². The zero-order valence-corrected chi connectivity index (χ0v) is 24.1. The lowest BCUT2D eigenvalue weighted by Gasteiger charge is -2.62. The number of hydrogen-bond acceptors (Lipinski definition) is 9. The van der Waals surface area contributed by atoms with E-state index >= 15 is 0 Å². The third kappa shape index (κ3) is 4.84. The molecule has 0 N–H and O–H groups in total. The number of ketones is 1. The predicted octanol–water partition coefficient (Wildman–Crippen LogP) is 4.73. The molecule has 3 fully saturated rings. The summed E-state index contributed by atoms with van der Waals surface area (Å²) >= 11 is 0. The number of benzene rings is 1. The molecule has 1 aromatic heterocycles. The molecule has 1 aromatic carbocycles. The summed E-state index contributed by atoms with van der Waals surface area (Å²) in [5.74, 6) is -2.40. The van der Waals surface area contributed by atoms with Gasteiger partial charge in [-0.15, -0.1) is 0 Å². The number of nitrogens with zero attached hydrogens (tertiary/aromatic N) is 1. The summed E-state index contributed by atoms with van der Waals surface area (Å²) in [6.45, 7) is 8.55. The first-order valence-corrected chi connectivity index (χ1v) is 14.1. The molecule has 2 aromatic rings. The van der Waals surface area contributed by atoms with E-state index in [4.69, 9.17) is 18.9 Å². The van der Waals surface area contributed by atoms with Crippen molar-refractivity contribution in [3.05, 3.63) is 66.0 Å². The van der Waals surface area contributed by atoms with Crippen molar-refractivity contribution >= 4 is 23.7 Å². The monoisotopic (exact) mass is 563 g/mol. The van der Waals surface area contributed by atoms with Crippen LogP contribution >= 0.6 is 0 Å². The number of fused-ring (bicyclic) bond motifs is 1. The van der Waals surface area contributed by atoms with Gasteiger partial charge < -0.3 is 18.9 Å². The molecular weight excluding hydrogens is 526 g/mol. The van der Waals surface area contributed by atoms with Crippen LogP contribution in [0, 0.1) is 17.3 Å². The third-order valence-corrected chi connectivity index (χ3v) is 9.37. The predicted molar refractivity (Wildman–Crippen MR) is 147 cm³/mol. The summed E-state index contributed by atoms with van der Waals surface area (Å²) in [5.41, 5.74) is -2.51. The molecule has 9 heteroatoms. The maximum atomic E-state index is 14.1. The fourth-order valence-electron chi connectivity index (χ4n) is 7.70. The van der Waals surface area contributed by atoms with Crippen molar-refractivity contribution in [2.24, 2.45) is 17.3 Å². The molecule has 5 rings (SSSR count). The number of ether oxygens (including phenoxy) is 4. The fourth-order valence-corrected chi connectivity index (χ4v) is 7.70. The van der Waals surface area contributed by atoms with E-state index in [1.807, 2.05) is 13.8 Å². The Morgan fingerprint density at radius 3 is 2.24 bits per heavy atom. The normalized spacial score (nSPS) is 33.2. The highest BCUT2D eigenvalue weighted by atomic mass is 16.6. The highest BCUT2D eigenvalue weighted by Crippen LogP contribution is 2.68. The Kier molecular flexibility index (Phi) is 7.53. The minimum Gasteiger partial charge on any atom is -0.462 e. The lowest BCUT2D eigenvalue weighted by Crippen LogP contribution is -2.73. The van der Waals surface area contributed by atoms with Crippen LogP contribution in [0.4, 0.5) is 0 Å². The average molecular weight is 564 g/mol. The summed E-state index contributed by atoms with van der Waals surface area (Å²) in [4.78, 5) is 57.0. The van der Waals surface area contributed by atoms with Gasteiger partial charge in [-0.3, -0.25) is 19.4 Å². The molecule has 2 aliphatic carbocycles. The second-order valence-corrected chi connectivity index (χ2v) is 12.1. The van der Waals surface area contributed by atoms with Gasteiger partial charge in [0, 0.05) is 44.1 Å². The largest absolute Gasteiger partial charge is 0.462 e. The third-order valence-electron chi connectivity index (χ3n) is 9.37. The van der Waals surface area contributed by atoms with Crippen LogP contribution < -0.4 is 0 Å². The smallest absolute Gasteiger partial charge is 0.338 e. The Labute approximate surface area is 239 Å². The Bertz CT molecular complexity index is 1330. The second kappa shape index (κ2) is 10.7. The van der Waals surface area contributed by atoms with Crippen LogP contribution in [0.25, 0.3) is 0 Å². The minimum atomic E-state index is -1.36. The van der Waals surface area contributed by atoms with Crippen molar-refractivity contribution in [3.63, 3.8) is 0 Å². The molecule has 1 spiro atoms. The molecule has 0 unspecified atom stereocenters. The first kappa shape index (κ1) is 28.9. The Morgan fingerprint density at radius 2 is 1.61 bits per heavy atom. The van der Waals surface area contributed by atoms with E-state index in [1.165, 1.54) is 20.0 Å². The van der Waals surface area contributed by atoms with Crippen LogP contribution in [0.15, 0.2) is 54.9 Å². The van der Waals surface area contributed by atoms with E-state index in [0.29, 0.717) is 30.4 Å². The summed E-state index contributed by atoms with van der Waals surface area (Å²) in [6, 6.07) is 11.9. The zero-order valence-electron chi connectivity index (χ0n) is 24.1. The van der Waals surface area contributed by atoms with E-state index < -0.39 is 52.8 Å². The Morgan fingerprint density at radius 1 is 0.927 bits per heavy atom. The summed E-state index contributed by atoms with van der Waals surface area (Å²) in [5, 5.41) is 0. The van der Waals surface area contributed by atoms with Gasteiger partial charge in [-0.05, 0) is 63.3 Å². The number of carbonyl (C=O) groups is 4. The van der Waals surface area contributed by atoms with E-state index in [1.54, 1.807) is 48.7 Å². The summed E-state index contributed by atoms with van der Waals surface area (Å²) in [6.07, 6.45) is 1.48. The SMILES string of the molecule is CC(=O)O[C@H]1[C@@H]2C[C@]3(OC2(C)C)[C@H](C)CC[C@H](OC(C)=O)[C@@]3(CC(=O)c2cccnc2)[C@H]1OC(=O)c1ccccc1. The molecule has 0 amide bonds. The first-order valence-electron chi connectivity index (χ1n) is 14.1. The number of rotatable bonds is 7. The number of Topliss-reactive ketones (excluding diaryl/α,β-unsaturated/α-hetero) is 1. The zero-order chi connectivity index (χ0) is 29.6. The number of esters is 3. The lowest BCUT2D eigenvalue weighted by atomic mass is 9.47. The highest BCUT2D eigenvalue weighted by Gasteiger charge is 2.79. The van der Waals surface area contributed by atoms with E-state index in [0.717, 1.165) is 0 Å². The van der Waals surface area contributed by atoms with Gasteiger partial charge in [-0.2, -0.15) is 0 Å². The van der Waals surface area contributed by atoms with Gasteiger partial charge in [0.1, 0.15) is 12.2 Å². The van der Waals surface area contributed by atoms with Gasteiger partial charge in [0.25, 0.3) is 0 Å². The van der Waals surface area contributed by atoms with Gasteiger partial charge in [-0.25, -0.2) is 4.79 Å². The van der Waals surface area contributed by atoms with Crippen LogP contribution in [0.1, 0.15) is 81.0 Å². The van der Waals surface area contributed by atoms with Crippen molar-refractivity contribution in [2.45, 2.75) is 89.8 Å². The molecule has 1 aliphatic heterocycles. The quantitative estimate of drug-likeness (QED) is 0.268. The Balaban J connectivity index is 1.75. The number of hydrogen-bond donors (Lipinski definition) is 0. The Hall–Kier alpha value is -3.59. The lowest BCUT2D eigenvalue weighted by molar-refractivity contribution is -0.275. The van der Waals surface area contributed by atoms with Crippen LogP contribution in [0.3, 0.4) is 0 Å². The molecule has 41 heavy (non-hydrogen) atoms. The van der Waals surface area contributed by atoms with Crippen molar-refractivity contribution in [3.8, 4) is 0 Å². The minimum absolute atomic E-state index is 0.0866. The van der Waals surface area contributed by atoms with Gasteiger partial charge in [0.15, 0.2) is 11.9 Å². The topological polar surface area (TPSA) is 118 Å². The van der Waals surface area contributed by atoms with Crippen LogP contribution in [-0.4, -0.2) is 58.2 Å². The highest BCUT2D eigenvalue weighted by molar-refractivity contribution is 5.96. The van der Waals surface area contributed by atoms with Crippen LogP contribution in [0.5, 0.6) is 0 Å². The number of pyridine rings is 1.